The van der Waals surface area contributed by atoms with Gasteiger partial charge in [0.05, 0.1) is 5.02 Å². The summed E-state index contributed by atoms with van der Waals surface area (Å²) >= 11 is 5.80. The Balaban J connectivity index is 2.35. The van der Waals surface area contributed by atoms with Crippen LogP contribution in [-0.2, 0) is 16.4 Å². The minimum Gasteiger partial charge on any atom is -0.322 e. The molecule has 5 nitrogen and oxygen atoms in total. The van der Waals surface area contributed by atoms with E-state index in [-0.39, 0.29) is 15.5 Å². The van der Waals surface area contributed by atoms with Crippen LogP contribution in [0.3, 0.4) is 0 Å². The number of rotatable bonds is 4. The van der Waals surface area contributed by atoms with E-state index in [2.05, 4.69) is 5.32 Å². The molecule has 7 heteroatoms. The number of benzene rings is 2. The van der Waals surface area contributed by atoms with Crippen LogP contribution in [0.1, 0.15) is 22.8 Å². The average molecular weight is 339 g/mol. The number of primary sulfonamides is 1. The molecule has 0 radical (unpaired) electrons. The Morgan fingerprint density at radius 2 is 1.91 bits per heavy atom. The SMILES string of the molecule is CCc1ccccc1NC(=O)c1ccc(Cl)c(S(N)(=O)=O)c1. The first-order chi connectivity index (χ1) is 10.3. The molecule has 0 fully saturated rings. The molecular weight excluding hydrogens is 324 g/mol. The number of carbonyl (C=O) groups excluding carboxylic acids is 1. The van der Waals surface area contributed by atoms with Crippen LogP contribution < -0.4 is 10.5 Å². The molecule has 0 aromatic heterocycles. The lowest BCUT2D eigenvalue weighted by molar-refractivity contribution is 0.102. The summed E-state index contributed by atoms with van der Waals surface area (Å²) in [4.78, 5) is 12.0. The van der Waals surface area contributed by atoms with Gasteiger partial charge in [-0.2, -0.15) is 0 Å². The number of halogens is 1. The summed E-state index contributed by atoms with van der Waals surface area (Å²) in [6.45, 7) is 1.98. The van der Waals surface area contributed by atoms with Crippen molar-refractivity contribution in [3.8, 4) is 0 Å². The van der Waals surface area contributed by atoms with Gasteiger partial charge >= 0.3 is 0 Å². The molecule has 0 atom stereocenters. The van der Waals surface area contributed by atoms with Crippen LogP contribution in [0.5, 0.6) is 0 Å². The van der Waals surface area contributed by atoms with E-state index in [1.807, 2.05) is 25.1 Å². The van der Waals surface area contributed by atoms with Gasteiger partial charge in [-0.25, -0.2) is 13.6 Å². The maximum absolute atomic E-state index is 12.3. The fourth-order valence-corrected chi connectivity index (χ4v) is 3.08. The van der Waals surface area contributed by atoms with Gasteiger partial charge in [0.15, 0.2) is 0 Å². The number of aryl methyl sites for hydroxylation is 1. The van der Waals surface area contributed by atoms with Crippen molar-refractivity contribution in [2.75, 3.05) is 5.32 Å². The molecule has 2 aromatic rings. The summed E-state index contributed by atoms with van der Waals surface area (Å²) in [7, 11) is -3.99. The lowest BCUT2D eigenvalue weighted by Crippen LogP contribution is -2.16. The number of carbonyl (C=O) groups is 1. The van der Waals surface area contributed by atoms with Crippen LogP contribution >= 0.6 is 11.6 Å². The number of amides is 1. The Hall–Kier alpha value is -1.89. The predicted molar refractivity (Wildman–Crippen MR) is 86.6 cm³/mol. The Morgan fingerprint density at radius 3 is 2.55 bits per heavy atom. The fourth-order valence-electron chi connectivity index (χ4n) is 2.01. The highest BCUT2D eigenvalue weighted by Gasteiger charge is 2.16. The molecule has 2 rings (SSSR count). The third kappa shape index (κ3) is 3.65. The Bertz CT molecular complexity index is 819. The van der Waals surface area contributed by atoms with Crippen LogP contribution in [0.25, 0.3) is 0 Å². The largest absolute Gasteiger partial charge is 0.322 e. The summed E-state index contributed by atoms with van der Waals surface area (Å²) < 4.78 is 22.9. The summed E-state index contributed by atoms with van der Waals surface area (Å²) in [6, 6.07) is 11.3. The lowest BCUT2D eigenvalue weighted by Gasteiger charge is -2.10. The summed E-state index contributed by atoms with van der Waals surface area (Å²) in [6.07, 6.45) is 0.763. The zero-order valence-electron chi connectivity index (χ0n) is 11.8. The molecular formula is C15H15ClN2O3S. The molecule has 0 aliphatic rings. The highest BCUT2D eigenvalue weighted by atomic mass is 35.5. The van der Waals surface area contributed by atoms with Gasteiger partial charge in [-0.05, 0) is 36.2 Å². The minimum atomic E-state index is -3.99. The van der Waals surface area contributed by atoms with Crippen molar-refractivity contribution in [2.24, 2.45) is 5.14 Å². The van der Waals surface area contributed by atoms with Gasteiger partial charge in [-0.3, -0.25) is 4.79 Å². The smallest absolute Gasteiger partial charge is 0.255 e. The molecule has 0 bridgehead atoms. The first kappa shape index (κ1) is 16.5. The van der Waals surface area contributed by atoms with Gasteiger partial charge < -0.3 is 5.32 Å². The van der Waals surface area contributed by atoms with Gasteiger partial charge in [0.2, 0.25) is 10.0 Å². The molecule has 0 unspecified atom stereocenters. The molecule has 0 heterocycles. The van der Waals surface area contributed by atoms with E-state index in [4.69, 9.17) is 16.7 Å². The first-order valence-corrected chi connectivity index (χ1v) is 8.47. The van der Waals surface area contributed by atoms with Crippen molar-refractivity contribution >= 4 is 33.2 Å². The fraction of sp³-hybridized carbons (Fsp3) is 0.133. The van der Waals surface area contributed by atoms with E-state index in [0.29, 0.717) is 5.69 Å². The van der Waals surface area contributed by atoms with Crippen molar-refractivity contribution in [3.63, 3.8) is 0 Å². The summed E-state index contributed by atoms with van der Waals surface area (Å²) in [5.74, 6) is -0.428. The zero-order chi connectivity index (χ0) is 16.3. The van der Waals surface area contributed by atoms with Gasteiger partial charge in [-0.1, -0.05) is 36.7 Å². The number of hydrogen-bond donors (Lipinski definition) is 2. The maximum Gasteiger partial charge on any atom is 0.255 e. The van der Waals surface area contributed by atoms with Crippen LogP contribution in [0.2, 0.25) is 5.02 Å². The molecule has 1 amide bonds. The number of nitrogens with one attached hydrogen (secondary N) is 1. The van der Waals surface area contributed by atoms with Crippen LogP contribution in [-0.4, -0.2) is 14.3 Å². The summed E-state index contributed by atoms with van der Waals surface area (Å²) in [5, 5.41) is 7.82. The monoisotopic (exact) mass is 338 g/mol. The topological polar surface area (TPSA) is 89.3 Å². The van der Waals surface area contributed by atoms with E-state index in [0.717, 1.165) is 12.0 Å². The first-order valence-electron chi connectivity index (χ1n) is 6.54. The third-order valence-corrected chi connectivity index (χ3v) is 4.54. The molecule has 0 saturated heterocycles. The molecule has 116 valence electrons. The molecule has 2 aromatic carbocycles. The molecule has 0 aliphatic carbocycles. The van der Waals surface area contributed by atoms with Crippen molar-refractivity contribution in [2.45, 2.75) is 18.2 Å². The number of hydrogen-bond acceptors (Lipinski definition) is 3. The van der Waals surface area contributed by atoms with E-state index in [9.17, 15) is 13.2 Å². The van der Waals surface area contributed by atoms with E-state index >= 15 is 0 Å². The second kappa shape index (κ2) is 6.48. The van der Waals surface area contributed by atoms with Crippen molar-refractivity contribution < 1.29 is 13.2 Å². The standard InChI is InChI=1S/C15H15ClN2O3S/c1-2-10-5-3-4-6-13(10)18-15(19)11-7-8-12(16)14(9-11)22(17,20)21/h3-9H,2H2,1H3,(H,18,19)(H2,17,20,21). The van der Waals surface area contributed by atoms with E-state index < -0.39 is 15.9 Å². The number of para-hydroxylation sites is 1. The zero-order valence-corrected chi connectivity index (χ0v) is 13.4. The third-order valence-electron chi connectivity index (χ3n) is 3.15. The van der Waals surface area contributed by atoms with Crippen molar-refractivity contribution in [1.29, 1.82) is 0 Å². The van der Waals surface area contributed by atoms with Gasteiger partial charge in [0, 0.05) is 11.3 Å². The highest BCUT2D eigenvalue weighted by Crippen LogP contribution is 2.23. The Labute approximate surface area is 134 Å². The van der Waals surface area contributed by atoms with E-state index in [1.165, 1.54) is 18.2 Å². The van der Waals surface area contributed by atoms with E-state index in [1.54, 1.807) is 6.07 Å². The second-order valence-electron chi connectivity index (χ2n) is 4.66. The average Bonchev–Trinajstić information content (AvgIpc) is 2.47. The predicted octanol–water partition coefficient (Wildman–Crippen LogP) is 2.80. The number of anilines is 1. The number of nitrogens with two attached hydrogens (primary N) is 1. The van der Waals surface area contributed by atoms with Gasteiger partial charge in [0.25, 0.3) is 5.91 Å². The molecule has 0 spiro atoms. The van der Waals surface area contributed by atoms with Crippen LogP contribution in [0.15, 0.2) is 47.4 Å². The van der Waals surface area contributed by atoms with Crippen LogP contribution in [0, 0.1) is 0 Å². The lowest BCUT2D eigenvalue weighted by atomic mass is 10.1. The van der Waals surface area contributed by atoms with Gasteiger partial charge in [0.1, 0.15) is 4.90 Å². The Kier molecular flexibility index (Phi) is 4.85. The molecule has 22 heavy (non-hydrogen) atoms. The normalized spacial score (nSPS) is 11.2. The van der Waals surface area contributed by atoms with Crippen molar-refractivity contribution in [3.05, 3.63) is 58.6 Å². The minimum absolute atomic E-state index is 0.0204. The maximum atomic E-state index is 12.3. The van der Waals surface area contributed by atoms with Crippen molar-refractivity contribution in [1.82, 2.24) is 0 Å². The molecule has 3 N–H and O–H groups in total. The molecule has 0 aliphatic heterocycles. The second-order valence-corrected chi connectivity index (χ2v) is 6.59. The summed E-state index contributed by atoms with van der Waals surface area (Å²) in [5.41, 5.74) is 1.83. The highest BCUT2D eigenvalue weighted by molar-refractivity contribution is 7.89. The number of sulfonamides is 1. The van der Waals surface area contributed by atoms with Crippen LogP contribution in [0.4, 0.5) is 5.69 Å². The van der Waals surface area contributed by atoms with Gasteiger partial charge in [-0.15, -0.1) is 0 Å². The quantitative estimate of drug-likeness (QED) is 0.898. The molecule has 0 saturated carbocycles. The Morgan fingerprint density at radius 1 is 1.23 bits per heavy atom.